The molecule has 0 aromatic heterocycles. The van der Waals surface area contributed by atoms with Gasteiger partial charge in [0.1, 0.15) is 0 Å². The number of nitrogens with one attached hydrogen (secondary N) is 1. The fourth-order valence-electron chi connectivity index (χ4n) is 3.08. The van der Waals surface area contributed by atoms with Crippen LogP contribution in [0.3, 0.4) is 0 Å². The topological polar surface area (TPSA) is 21.3 Å². The highest BCUT2D eigenvalue weighted by Crippen LogP contribution is 2.29. The van der Waals surface area contributed by atoms with Crippen LogP contribution in [0.15, 0.2) is 0 Å². The standard InChI is InChI=1S/C16H33NO/c1-6-17-15(8-7-10-16(3,4)5)14-9-11-18-12-13(14)2/h13-15,17H,6-12H2,1-5H3. The number of ether oxygens (including phenoxy) is 1. The van der Waals surface area contributed by atoms with Gasteiger partial charge in [0.15, 0.2) is 0 Å². The Morgan fingerprint density at radius 1 is 1.33 bits per heavy atom. The third-order valence-electron chi connectivity index (χ3n) is 4.13. The van der Waals surface area contributed by atoms with Crippen LogP contribution in [0.5, 0.6) is 0 Å². The van der Waals surface area contributed by atoms with Gasteiger partial charge in [0.05, 0.1) is 0 Å². The zero-order chi connectivity index (χ0) is 13.6. The molecule has 1 heterocycles. The maximum Gasteiger partial charge on any atom is 0.0494 e. The smallest absolute Gasteiger partial charge is 0.0494 e. The lowest BCUT2D eigenvalue weighted by atomic mass is 9.80. The molecule has 1 rings (SSSR count). The molecule has 0 aromatic rings. The van der Waals surface area contributed by atoms with Gasteiger partial charge >= 0.3 is 0 Å². The highest BCUT2D eigenvalue weighted by molar-refractivity contribution is 4.82. The molecule has 2 heteroatoms. The molecular formula is C16H33NO. The van der Waals surface area contributed by atoms with Crippen LogP contribution in [0.25, 0.3) is 0 Å². The Bertz CT molecular complexity index is 222. The summed E-state index contributed by atoms with van der Waals surface area (Å²) >= 11 is 0. The molecule has 108 valence electrons. The SMILES string of the molecule is CCNC(CCCC(C)(C)C)C1CCOCC1C. The van der Waals surface area contributed by atoms with Crippen molar-refractivity contribution in [2.75, 3.05) is 19.8 Å². The molecular weight excluding hydrogens is 222 g/mol. The summed E-state index contributed by atoms with van der Waals surface area (Å²) in [5.41, 5.74) is 0.470. The maximum atomic E-state index is 5.57. The molecule has 1 N–H and O–H groups in total. The fraction of sp³-hybridized carbons (Fsp3) is 1.00. The van der Waals surface area contributed by atoms with Crippen molar-refractivity contribution in [2.24, 2.45) is 17.3 Å². The number of hydrogen-bond donors (Lipinski definition) is 1. The lowest BCUT2D eigenvalue weighted by Gasteiger charge is -2.36. The molecule has 0 radical (unpaired) electrons. The second-order valence-corrected chi connectivity index (χ2v) is 7.12. The zero-order valence-electron chi connectivity index (χ0n) is 13.1. The number of hydrogen-bond acceptors (Lipinski definition) is 2. The summed E-state index contributed by atoms with van der Waals surface area (Å²) in [5.74, 6) is 1.51. The van der Waals surface area contributed by atoms with Crippen molar-refractivity contribution in [3.8, 4) is 0 Å². The summed E-state index contributed by atoms with van der Waals surface area (Å²) in [7, 11) is 0. The predicted octanol–water partition coefficient (Wildman–Crippen LogP) is 3.85. The Labute approximate surface area is 114 Å². The van der Waals surface area contributed by atoms with Gasteiger partial charge in [0.25, 0.3) is 0 Å². The Morgan fingerprint density at radius 2 is 2.06 bits per heavy atom. The van der Waals surface area contributed by atoms with E-state index in [-0.39, 0.29) is 0 Å². The predicted molar refractivity (Wildman–Crippen MR) is 78.9 cm³/mol. The first kappa shape index (κ1) is 16.0. The summed E-state index contributed by atoms with van der Waals surface area (Å²) in [4.78, 5) is 0. The van der Waals surface area contributed by atoms with E-state index >= 15 is 0 Å². The molecule has 0 aliphatic carbocycles. The first-order valence-electron chi connectivity index (χ1n) is 7.75. The van der Waals surface area contributed by atoms with Crippen molar-refractivity contribution in [3.63, 3.8) is 0 Å². The fourth-order valence-corrected chi connectivity index (χ4v) is 3.08. The van der Waals surface area contributed by atoms with Crippen LogP contribution in [-0.2, 0) is 4.74 Å². The van der Waals surface area contributed by atoms with Gasteiger partial charge in [-0.3, -0.25) is 0 Å². The van der Waals surface area contributed by atoms with Gasteiger partial charge < -0.3 is 10.1 Å². The van der Waals surface area contributed by atoms with E-state index < -0.39 is 0 Å². The van der Waals surface area contributed by atoms with Gasteiger partial charge in [0, 0.05) is 19.3 Å². The molecule has 0 saturated carbocycles. The molecule has 3 atom stereocenters. The Hall–Kier alpha value is -0.0800. The Balaban J connectivity index is 2.42. The van der Waals surface area contributed by atoms with Crippen molar-refractivity contribution in [1.82, 2.24) is 5.32 Å². The van der Waals surface area contributed by atoms with Gasteiger partial charge in [-0.1, -0.05) is 41.0 Å². The average molecular weight is 255 g/mol. The van der Waals surface area contributed by atoms with Crippen molar-refractivity contribution in [3.05, 3.63) is 0 Å². The minimum Gasteiger partial charge on any atom is -0.381 e. The van der Waals surface area contributed by atoms with Crippen LogP contribution in [0.4, 0.5) is 0 Å². The van der Waals surface area contributed by atoms with Crippen molar-refractivity contribution in [1.29, 1.82) is 0 Å². The molecule has 2 nitrogen and oxygen atoms in total. The minimum absolute atomic E-state index is 0.470. The average Bonchev–Trinajstić information content (AvgIpc) is 2.27. The van der Waals surface area contributed by atoms with E-state index in [1.807, 2.05) is 0 Å². The van der Waals surface area contributed by atoms with Gasteiger partial charge in [-0.15, -0.1) is 0 Å². The quantitative estimate of drug-likeness (QED) is 0.778. The minimum atomic E-state index is 0.470. The molecule has 3 unspecified atom stereocenters. The van der Waals surface area contributed by atoms with E-state index in [9.17, 15) is 0 Å². The molecule has 1 saturated heterocycles. The number of rotatable bonds is 6. The van der Waals surface area contributed by atoms with Crippen LogP contribution < -0.4 is 5.32 Å². The molecule has 1 aliphatic rings. The van der Waals surface area contributed by atoms with Crippen LogP contribution >= 0.6 is 0 Å². The van der Waals surface area contributed by atoms with Gasteiger partial charge in [-0.25, -0.2) is 0 Å². The highest BCUT2D eigenvalue weighted by atomic mass is 16.5. The highest BCUT2D eigenvalue weighted by Gasteiger charge is 2.29. The molecule has 1 fully saturated rings. The van der Waals surface area contributed by atoms with Crippen molar-refractivity contribution >= 4 is 0 Å². The lowest BCUT2D eigenvalue weighted by Crippen LogP contribution is -2.43. The molecule has 0 bridgehead atoms. The van der Waals surface area contributed by atoms with E-state index in [2.05, 4.69) is 39.9 Å². The van der Waals surface area contributed by atoms with Gasteiger partial charge in [-0.05, 0) is 43.1 Å². The molecule has 0 amide bonds. The van der Waals surface area contributed by atoms with E-state index in [0.29, 0.717) is 17.4 Å². The largest absolute Gasteiger partial charge is 0.381 e. The second-order valence-electron chi connectivity index (χ2n) is 7.12. The van der Waals surface area contributed by atoms with Crippen molar-refractivity contribution in [2.45, 2.75) is 66.3 Å². The molecule has 0 spiro atoms. The summed E-state index contributed by atoms with van der Waals surface area (Å²) in [6, 6.07) is 0.691. The van der Waals surface area contributed by atoms with E-state index in [0.717, 1.165) is 25.7 Å². The summed E-state index contributed by atoms with van der Waals surface area (Å²) < 4.78 is 5.57. The normalized spacial score (nSPS) is 27.2. The summed E-state index contributed by atoms with van der Waals surface area (Å²) in [5, 5.41) is 3.71. The monoisotopic (exact) mass is 255 g/mol. The summed E-state index contributed by atoms with van der Waals surface area (Å²) in [6.07, 6.45) is 5.21. The van der Waals surface area contributed by atoms with E-state index in [1.165, 1.54) is 25.7 Å². The molecule has 0 aromatic carbocycles. The Morgan fingerprint density at radius 3 is 2.61 bits per heavy atom. The van der Waals surface area contributed by atoms with E-state index in [1.54, 1.807) is 0 Å². The first-order chi connectivity index (χ1) is 8.44. The molecule has 1 aliphatic heterocycles. The third-order valence-corrected chi connectivity index (χ3v) is 4.13. The van der Waals surface area contributed by atoms with Crippen LogP contribution in [0, 0.1) is 17.3 Å². The third kappa shape index (κ3) is 5.71. The van der Waals surface area contributed by atoms with Crippen molar-refractivity contribution < 1.29 is 4.74 Å². The van der Waals surface area contributed by atoms with Gasteiger partial charge in [0.2, 0.25) is 0 Å². The van der Waals surface area contributed by atoms with Crippen LogP contribution in [0.2, 0.25) is 0 Å². The molecule has 18 heavy (non-hydrogen) atoms. The first-order valence-corrected chi connectivity index (χ1v) is 7.75. The lowest BCUT2D eigenvalue weighted by molar-refractivity contribution is 0.00942. The zero-order valence-corrected chi connectivity index (χ0v) is 13.1. The van der Waals surface area contributed by atoms with Crippen LogP contribution in [0.1, 0.15) is 60.3 Å². The maximum absolute atomic E-state index is 5.57. The summed E-state index contributed by atoms with van der Waals surface area (Å²) in [6.45, 7) is 14.6. The Kier molecular flexibility index (Phi) is 6.65. The van der Waals surface area contributed by atoms with E-state index in [4.69, 9.17) is 4.74 Å². The van der Waals surface area contributed by atoms with Crippen LogP contribution in [-0.4, -0.2) is 25.8 Å². The second kappa shape index (κ2) is 7.49. The van der Waals surface area contributed by atoms with Gasteiger partial charge in [-0.2, -0.15) is 0 Å².